The summed E-state index contributed by atoms with van der Waals surface area (Å²) in [5, 5.41) is 6.92. The third-order valence-corrected chi connectivity index (χ3v) is 3.28. The maximum Gasteiger partial charge on any atom is 0.0222 e. The number of hydrogen-bond donors (Lipinski definition) is 2. The van der Waals surface area contributed by atoms with Gasteiger partial charge in [-0.05, 0) is 18.5 Å². The molecule has 1 rings (SSSR count). The lowest BCUT2D eigenvalue weighted by Gasteiger charge is -2.06. The highest BCUT2D eigenvalue weighted by Gasteiger charge is 1.91. The first-order valence-electron chi connectivity index (χ1n) is 7.03. The van der Waals surface area contributed by atoms with E-state index in [4.69, 9.17) is 0 Å². The van der Waals surface area contributed by atoms with Crippen LogP contribution in [0.15, 0.2) is 30.3 Å². The Bertz CT molecular complexity index is 277. The molecule has 1 aromatic rings. The second-order valence-electron chi connectivity index (χ2n) is 4.58. The number of hydrogen-bond acceptors (Lipinski definition) is 2. The van der Waals surface area contributed by atoms with Crippen LogP contribution in [0.2, 0.25) is 6.04 Å². The summed E-state index contributed by atoms with van der Waals surface area (Å²) in [7, 11) is 3.50. The Morgan fingerprint density at radius 2 is 1.50 bits per heavy atom. The molecule has 0 spiro atoms. The maximum absolute atomic E-state index is 3.50. The van der Waals surface area contributed by atoms with Gasteiger partial charge in [0.05, 0.1) is 0 Å². The third kappa shape index (κ3) is 8.45. The molecule has 2 N–H and O–H groups in total. The molecule has 0 fully saturated rings. The van der Waals surface area contributed by atoms with Gasteiger partial charge in [0.1, 0.15) is 0 Å². The van der Waals surface area contributed by atoms with Crippen molar-refractivity contribution >= 4 is 10.2 Å². The van der Waals surface area contributed by atoms with Gasteiger partial charge in [0.25, 0.3) is 0 Å². The predicted octanol–water partition coefficient (Wildman–Crippen LogP) is 2.51. The van der Waals surface area contributed by atoms with Crippen molar-refractivity contribution in [2.45, 2.75) is 38.3 Å². The SMILES string of the molecule is [Si]CCCCCCNCCNCc1ccccc1. The second-order valence-corrected chi connectivity index (χ2v) is 5.08. The fraction of sp³-hybridized carbons (Fsp3) is 0.600. The van der Waals surface area contributed by atoms with E-state index in [2.05, 4.69) is 51.2 Å². The van der Waals surface area contributed by atoms with Crippen LogP contribution < -0.4 is 10.6 Å². The van der Waals surface area contributed by atoms with E-state index in [1.165, 1.54) is 31.2 Å². The zero-order chi connectivity index (χ0) is 12.9. The molecule has 99 valence electrons. The molecule has 0 aromatic heterocycles. The van der Waals surface area contributed by atoms with E-state index in [0.29, 0.717) is 0 Å². The van der Waals surface area contributed by atoms with E-state index in [-0.39, 0.29) is 0 Å². The molecule has 0 amide bonds. The minimum Gasteiger partial charge on any atom is -0.315 e. The van der Waals surface area contributed by atoms with Gasteiger partial charge in [0, 0.05) is 29.9 Å². The lowest BCUT2D eigenvalue weighted by molar-refractivity contribution is 0.572. The van der Waals surface area contributed by atoms with E-state index in [1.54, 1.807) is 0 Å². The number of benzene rings is 1. The summed E-state index contributed by atoms with van der Waals surface area (Å²) in [5.41, 5.74) is 1.35. The van der Waals surface area contributed by atoms with Crippen molar-refractivity contribution in [1.29, 1.82) is 0 Å². The third-order valence-electron chi connectivity index (χ3n) is 2.93. The smallest absolute Gasteiger partial charge is 0.0222 e. The Balaban J connectivity index is 1.82. The average Bonchev–Trinajstić information content (AvgIpc) is 2.42. The first kappa shape index (κ1) is 15.4. The number of rotatable bonds is 11. The van der Waals surface area contributed by atoms with Gasteiger partial charge in [-0.15, -0.1) is 0 Å². The van der Waals surface area contributed by atoms with Crippen molar-refractivity contribution in [2.75, 3.05) is 19.6 Å². The van der Waals surface area contributed by atoms with Crippen LogP contribution in [0.4, 0.5) is 0 Å². The molecule has 0 saturated carbocycles. The molecule has 3 radical (unpaired) electrons. The highest BCUT2D eigenvalue weighted by Crippen LogP contribution is 2.00. The van der Waals surface area contributed by atoms with Crippen molar-refractivity contribution < 1.29 is 0 Å². The standard InChI is InChI=1S/C15H25N2Si/c18-13-7-2-1-6-10-16-11-12-17-14-15-8-4-3-5-9-15/h3-5,8-9,16-17H,1-2,6-7,10-14H2. The van der Waals surface area contributed by atoms with Crippen LogP contribution in [0.25, 0.3) is 0 Å². The first-order chi connectivity index (χ1) is 8.93. The Morgan fingerprint density at radius 3 is 2.28 bits per heavy atom. The van der Waals surface area contributed by atoms with Crippen molar-refractivity contribution in [3.05, 3.63) is 35.9 Å². The summed E-state index contributed by atoms with van der Waals surface area (Å²) in [5.74, 6) is 0. The molecule has 0 aliphatic heterocycles. The lowest BCUT2D eigenvalue weighted by Crippen LogP contribution is -2.27. The second kappa shape index (κ2) is 11.4. The monoisotopic (exact) mass is 261 g/mol. The van der Waals surface area contributed by atoms with Gasteiger partial charge >= 0.3 is 0 Å². The van der Waals surface area contributed by atoms with Crippen LogP contribution in [0, 0.1) is 0 Å². The Labute approximate surface area is 115 Å². The van der Waals surface area contributed by atoms with Crippen LogP contribution in [0.5, 0.6) is 0 Å². The van der Waals surface area contributed by atoms with E-state index in [0.717, 1.165) is 32.2 Å². The van der Waals surface area contributed by atoms with Gasteiger partial charge < -0.3 is 10.6 Å². The van der Waals surface area contributed by atoms with Gasteiger partial charge in [-0.1, -0.05) is 55.6 Å². The lowest BCUT2D eigenvalue weighted by atomic mass is 10.2. The average molecular weight is 261 g/mol. The fourth-order valence-electron chi connectivity index (χ4n) is 1.86. The topological polar surface area (TPSA) is 24.1 Å². The fourth-order valence-corrected chi connectivity index (χ4v) is 2.11. The molecular weight excluding hydrogens is 236 g/mol. The van der Waals surface area contributed by atoms with Crippen LogP contribution in [-0.2, 0) is 6.54 Å². The molecule has 0 bridgehead atoms. The Morgan fingerprint density at radius 1 is 0.778 bits per heavy atom. The van der Waals surface area contributed by atoms with Gasteiger partial charge in [-0.3, -0.25) is 0 Å². The normalized spacial score (nSPS) is 10.7. The van der Waals surface area contributed by atoms with E-state index in [9.17, 15) is 0 Å². The molecular formula is C15H25N2Si. The van der Waals surface area contributed by atoms with Gasteiger partial charge in [0.15, 0.2) is 0 Å². The summed E-state index contributed by atoms with van der Waals surface area (Å²) >= 11 is 0. The quantitative estimate of drug-likeness (QED) is 0.472. The van der Waals surface area contributed by atoms with Gasteiger partial charge in [-0.25, -0.2) is 0 Å². The molecule has 0 aliphatic rings. The van der Waals surface area contributed by atoms with Crippen molar-refractivity contribution in [3.63, 3.8) is 0 Å². The van der Waals surface area contributed by atoms with Crippen molar-refractivity contribution in [2.24, 2.45) is 0 Å². The molecule has 2 nitrogen and oxygen atoms in total. The molecule has 0 atom stereocenters. The molecule has 1 aromatic carbocycles. The highest BCUT2D eigenvalue weighted by atomic mass is 28.1. The largest absolute Gasteiger partial charge is 0.315 e. The van der Waals surface area contributed by atoms with Crippen LogP contribution >= 0.6 is 0 Å². The zero-order valence-corrected chi connectivity index (χ0v) is 12.3. The van der Waals surface area contributed by atoms with Crippen LogP contribution in [0.1, 0.15) is 31.2 Å². The van der Waals surface area contributed by atoms with Gasteiger partial charge in [0.2, 0.25) is 0 Å². The molecule has 0 unspecified atom stereocenters. The molecule has 0 heterocycles. The van der Waals surface area contributed by atoms with Crippen molar-refractivity contribution in [3.8, 4) is 0 Å². The first-order valence-corrected chi connectivity index (χ1v) is 7.74. The van der Waals surface area contributed by atoms with Crippen LogP contribution in [-0.4, -0.2) is 29.9 Å². The van der Waals surface area contributed by atoms with Crippen molar-refractivity contribution in [1.82, 2.24) is 10.6 Å². The van der Waals surface area contributed by atoms with Crippen LogP contribution in [0.3, 0.4) is 0 Å². The molecule has 0 aliphatic carbocycles. The predicted molar refractivity (Wildman–Crippen MR) is 80.0 cm³/mol. The Kier molecular flexibility index (Phi) is 9.80. The minimum atomic E-state index is 0.966. The summed E-state index contributed by atoms with van der Waals surface area (Å²) in [6, 6.07) is 11.7. The van der Waals surface area contributed by atoms with Gasteiger partial charge in [-0.2, -0.15) is 0 Å². The molecule has 3 heteroatoms. The maximum atomic E-state index is 3.50. The molecule has 0 saturated heterocycles. The van der Waals surface area contributed by atoms with E-state index < -0.39 is 0 Å². The minimum absolute atomic E-state index is 0.966. The summed E-state index contributed by atoms with van der Waals surface area (Å²) < 4.78 is 0. The van der Waals surface area contributed by atoms with E-state index >= 15 is 0 Å². The summed E-state index contributed by atoms with van der Waals surface area (Å²) in [6.07, 6.45) is 5.28. The molecule has 18 heavy (non-hydrogen) atoms. The highest BCUT2D eigenvalue weighted by molar-refractivity contribution is 6.08. The summed E-state index contributed by atoms with van der Waals surface area (Å²) in [4.78, 5) is 0. The summed E-state index contributed by atoms with van der Waals surface area (Å²) in [6.45, 7) is 4.21. The number of unbranched alkanes of at least 4 members (excludes halogenated alkanes) is 3. The van der Waals surface area contributed by atoms with E-state index in [1.807, 2.05) is 0 Å². The number of nitrogens with one attached hydrogen (secondary N) is 2. The zero-order valence-electron chi connectivity index (χ0n) is 11.3. The Hall–Kier alpha value is -0.643.